The second kappa shape index (κ2) is 7.86. The van der Waals surface area contributed by atoms with Crippen LogP contribution >= 0.6 is 0 Å². The molecule has 1 heterocycles. The summed E-state index contributed by atoms with van der Waals surface area (Å²) in [6.45, 7) is 13.3. The van der Waals surface area contributed by atoms with Crippen molar-refractivity contribution in [2.24, 2.45) is 5.92 Å². The molecule has 0 aliphatic carbocycles. The molecule has 0 spiro atoms. The number of rotatable bonds is 8. The van der Waals surface area contributed by atoms with Crippen LogP contribution in [0, 0.1) is 5.92 Å². The molecule has 1 unspecified atom stereocenters. The van der Waals surface area contributed by atoms with Gasteiger partial charge in [-0.05, 0) is 44.7 Å². The van der Waals surface area contributed by atoms with Crippen LogP contribution in [0.5, 0.6) is 0 Å². The summed E-state index contributed by atoms with van der Waals surface area (Å²) in [7, 11) is 0. The van der Waals surface area contributed by atoms with Gasteiger partial charge in [-0.3, -0.25) is 0 Å². The lowest BCUT2D eigenvalue weighted by molar-refractivity contribution is 0.222. The summed E-state index contributed by atoms with van der Waals surface area (Å²) in [4.78, 5) is 2.62. The molecule has 0 amide bonds. The van der Waals surface area contributed by atoms with Gasteiger partial charge in [0, 0.05) is 19.1 Å². The van der Waals surface area contributed by atoms with Gasteiger partial charge in [-0.15, -0.1) is 6.58 Å². The number of hydrogen-bond acceptors (Lipinski definition) is 2. The van der Waals surface area contributed by atoms with Gasteiger partial charge in [0.1, 0.15) is 0 Å². The minimum Gasteiger partial charge on any atom is -0.313 e. The molecule has 94 valence electrons. The van der Waals surface area contributed by atoms with Crippen LogP contribution in [0.4, 0.5) is 0 Å². The third-order valence-electron chi connectivity index (χ3n) is 3.15. The van der Waals surface area contributed by atoms with E-state index in [4.69, 9.17) is 0 Å². The Morgan fingerprint density at radius 1 is 1.50 bits per heavy atom. The van der Waals surface area contributed by atoms with Crippen molar-refractivity contribution in [1.29, 1.82) is 0 Å². The molecule has 16 heavy (non-hydrogen) atoms. The van der Waals surface area contributed by atoms with E-state index in [1.807, 2.05) is 6.08 Å². The summed E-state index contributed by atoms with van der Waals surface area (Å²) >= 11 is 0. The summed E-state index contributed by atoms with van der Waals surface area (Å²) in [5, 5.41) is 3.59. The first-order chi connectivity index (χ1) is 7.72. The Morgan fingerprint density at radius 2 is 2.31 bits per heavy atom. The SMILES string of the molecule is C=CCCCN(CC(C)C)CC1CCCN1. The molecule has 0 aromatic carbocycles. The van der Waals surface area contributed by atoms with Crippen molar-refractivity contribution in [3.05, 3.63) is 12.7 Å². The molecule has 1 fully saturated rings. The van der Waals surface area contributed by atoms with Gasteiger partial charge in [-0.25, -0.2) is 0 Å². The van der Waals surface area contributed by atoms with Crippen LogP contribution in [0.1, 0.15) is 39.5 Å². The lowest BCUT2D eigenvalue weighted by Gasteiger charge is -2.27. The molecular weight excluding hydrogens is 196 g/mol. The number of allylic oxidation sites excluding steroid dienone is 1. The summed E-state index contributed by atoms with van der Waals surface area (Å²) in [6.07, 6.45) is 7.14. The highest BCUT2D eigenvalue weighted by Crippen LogP contribution is 2.09. The van der Waals surface area contributed by atoms with Crippen LogP contribution in [0.15, 0.2) is 12.7 Å². The second-order valence-corrected chi connectivity index (χ2v) is 5.38. The quantitative estimate of drug-likeness (QED) is 0.504. The Labute approximate surface area is 101 Å². The van der Waals surface area contributed by atoms with E-state index in [1.54, 1.807) is 0 Å². The van der Waals surface area contributed by atoms with E-state index < -0.39 is 0 Å². The largest absolute Gasteiger partial charge is 0.313 e. The summed E-state index contributed by atoms with van der Waals surface area (Å²) in [6, 6.07) is 0.738. The molecule has 0 aromatic heterocycles. The Balaban J connectivity index is 2.26. The highest BCUT2D eigenvalue weighted by molar-refractivity contribution is 4.79. The standard InChI is InChI=1S/C14H28N2/c1-4-5-6-10-16(11-13(2)3)12-14-8-7-9-15-14/h4,13-15H,1,5-12H2,2-3H3. The van der Waals surface area contributed by atoms with Crippen molar-refractivity contribution in [3.63, 3.8) is 0 Å². The zero-order valence-corrected chi connectivity index (χ0v) is 11.0. The zero-order valence-electron chi connectivity index (χ0n) is 11.0. The molecule has 0 radical (unpaired) electrons. The molecule has 0 bridgehead atoms. The monoisotopic (exact) mass is 224 g/mol. The van der Waals surface area contributed by atoms with Gasteiger partial charge in [-0.2, -0.15) is 0 Å². The first-order valence-electron chi connectivity index (χ1n) is 6.79. The Morgan fingerprint density at radius 3 is 2.88 bits per heavy atom. The third kappa shape index (κ3) is 5.66. The van der Waals surface area contributed by atoms with E-state index >= 15 is 0 Å². The van der Waals surface area contributed by atoms with Crippen LogP contribution in [-0.4, -0.2) is 37.1 Å². The summed E-state index contributed by atoms with van der Waals surface area (Å²) in [5.41, 5.74) is 0. The van der Waals surface area contributed by atoms with Crippen LogP contribution in [0.2, 0.25) is 0 Å². The van der Waals surface area contributed by atoms with E-state index in [0.717, 1.165) is 18.4 Å². The number of unbranched alkanes of at least 4 members (excludes halogenated alkanes) is 1. The third-order valence-corrected chi connectivity index (χ3v) is 3.15. The minimum atomic E-state index is 0.738. The Hall–Kier alpha value is -0.340. The fourth-order valence-corrected chi connectivity index (χ4v) is 2.46. The molecule has 1 saturated heterocycles. The van der Waals surface area contributed by atoms with Crippen molar-refractivity contribution in [2.75, 3.05) is 26.2 Å². The topological polar surface area (TPSA) is 15.3 Å². The Kier molecular flexibility index (Phi) is 6.74. The van der Waals surface area contributed by atoms with Crippen molar-refractivity contribution < 1.29 is 0 Å². The van der Waals surface area contributed by atoms with Gasteiger partial charge in [0.25, 0.3) is 0 Å². The van der Waals surface area contributed by atoms with Crippen LogP contribution in [0.25, 0.3) is 0 Å². The molecule has 1 aliphatic rings. The molecule has 1 atom stereocenters. The first kappa shape index (κ1) is 13.7. The molecule has 0 saturated carbocycles. The lowest BCUT2D eigenvalue weighted by Crippen LogP contribution is -2.39. The molecule has 2 heteroatoms. The predicted octanol–water partition coefficient (Wildman–Crippen LogP) is 2.66. The highest BCUT2D eigenvalue weighted by atomic mass is 15.2. The summed E-state index contributed by atoms with van der Waals surface area (Å²) in [5.74, 6) is 0.769. The smallest absolute Gasteiger partial charge is 0.0195 e. The zero-order chi connectivity index (χ0) is 11.8. The highest BCUT2D eigenvalue weighted by Gasteiger charge is 2.17. The van der Waals surface area contributed by atoms with E-state index in [0.29, 0.717) is 0 Å². The van der Waals surface area contributed by atoms with Gasteiger partial charge in [0.05, 0.1) is 0 Å². The average Bonchev–Trinajstić information content (AvgIpc) is 2.69. The van der Waals surface area contributed by atoms with E-state index in [1.165, 1.54) is 45.4 Å². The van der Waals surface area contributed by atoms with Crippen molar-refractivity contribution in [2.45, 2.75) is 45.6 Å². The van der Waals surface area contributed by atoms with Gasteiger partial charge in [0.2, 0.25) is 0 Å². The van der Waals surface area contributed by atoms with Gasteiger partial charge < -0.3 is 10.2 Å². The van der Waals surface area contributed by atoms with E-state index in [-0.39, 0.29) is 0 Å². The van der Waals surface area contributed by atoms with Crippen LogP contribution in [0.3, 0.4) is 0 Å². The van der Waals surface area contributed by atoms with Gasteiger partial charge in [0.15, 0.2) is 0 Å². The maximum absolute atomic E-state index is 3.79. The first-order valence-corrected chi connectivity index (χ1v) is 6.79. The molecule has 1 rings (SSSR count). The molecule has 2 nitrogen and oxygen atoms in total. The van der Waals surface area contributed by atoms with Crippen molar-refractivity contribution in [1.82, 2.24) is 10.2 Å². The number of nitrogens with one attached hydrogen (secondary N) is 1. The van der Waals surface area contributed by atoms with Crippen molar-refractivity contribution >= 4 is 0 Å². The maximum Gasteiger partial charge on any atom is 0.0195 e. The van der Waals surface area contributed by atoms with E-state index in [9.17, 15) is 0 Å². The van der Waals surface area contributed by atoms with Gasteiger partial charge >= 0.3 is 0 Å². The number of hydrogen-bond donors (Lipinski definition) is 1. The van der Waals surface area contributed by atoms with Gasteiger partial charge in [-0.1, -0.05) is 19.9 Å². The second-order valence-electron chi connectivity index (χ2n) is 5.38. The van der Waals surface area contributed by atoms with Crippen LogP contribution in [-0.2, 0) is 0 Å². The average molecular weight is 224 g/mol. The molecule has 1 aliphatic heterocycles. The minimum absolute atomic E-state index is 0.738. The maximum atomic E-state index is 3.79. The molecular formula is C14H28N2. The lowest BCUT2D eigenvalue weighted by atomic mass is 10.1. The summed E-state index contributed by atoms with van der Waals surface area (Å²) < 4.78 is 0. The fraction of sp³-hybridized carbons (Fsp3) is 0.857. The number of nitrogens with zero attached hydrogens (tertiary/aromatic N) is 1. The molecule has 1 N–H and O–H groups in total. The Bertz CT molecular complexity index is 183. The van der Waals surface area contributed by atoms with E-state index in [2.05, 4.69) is 30.6 Å². The van der Waals surface area contributed by atoms with Crippen molar-refractivity contribution in [3.8, 4) is 0 Å². The van der Waals surface area contributed by atoms with Crippen LogP contribution < -0.4 is 5.32 Å². The predicted molar refractivity (Wildman–Crippen MR) is 71.7 cm³/mol. The fourth-order valence-electron chi connectivity index (χ4n) is 2.46. The molecule has 0 aromatic rings. The normalized spacial score (nSPS) is 20.9.